The minimum atomic E-state index is -0.293. The van der Waals surface area contributed by atoms with Crippen molar-refractivity contribution in [2.75, 3.05) is 20.3 Å². The molecule has 2 aliphatic carbocycles. The third kappa shape index (κ3) is 5.25. The highest BCUT2D eigenvalue weighted by atomic mass is 16.5. The Morgan fingerprint density at radius 2 is 1.80 bits per heavy atom. The number of amides is 2. The van der Waals surface area contributed by atoms with Crippen molar-refractivity contribution in [3.63, 3.8) is 0 Å². The first-order valence-corrected chi connectivity index (χ1v) is 15.6. The topological polar surface area (TPSA) is 76.1 Å². The normalized spacial score (nSPS) is 27.2. The average Bonchev–Trinajstić information content (AvgIpc) is 3.52. The van der Waals surface area contributed by atoms with Crippen LogP contribution in [-0.4, -0.2) is 54.3 Å². The van der Waals surface area contributed by atoms with Gasteiger partial charge in [-0.15, -0.1) is 0 Å². The van der Waals surface area contributed by atoms with Gasteiger partial charge in [-0.25, -0.2) is 0 Å². The van der Waals surface area contributed by atoms with Crippen LogP contribution in [0.25, 0.3) is 16.8 Å². The molecule has 0 radical (unpaired) electrons. The Labute approximate surface area is 243 Å². The molecule has 1 saturated carbocycles. The molecule has 6 nitrogen and oxygen atoms in total. The zero-order valence-corrected chi connectivity index (χ0v) is 24.4. The molecule has 4 aliphatic rings. The molecule has 1 N–H and O–H groups in total. The van der Waals surface area contributed by atoms with E-state index >= 15 is 0 Å². The zero-order valence-electron chi connectivity index (χ0n) is 24.4. The van der Waals surface area contributed by atoms with Gasteiger partial charge in [0, 0.05) is 24.5 Å². The van der Waals surface area contributed by atoms with Crippen molar-refractivity contribution in [1.29, 1.82) is 0 Å². The maximum absolute atomic E-state index is 13.8. The van der Waals surface area contributed by atoms with Crippen LogP contribution in [-0.2, 0) is 19.1 Å². The van der Waals surface area contributed by atoms with Crippen molar-refractivity contribution in [3.05, 3.63) is 58.7 Å². The molecule has 2 aromatic rings. The largest absolute Gasteiger partial charge is 0.507 e. The van der Waals surface area contributed by atoms with Crippen LogP contribution in [0.2, 0.25) is 0 Å². The first-order chi connectivity index (χ1) is 20.0. The van der Waals surface area contributed by atoms with Crippen LogP contribution in [0.3, 0.4) is 0 Å². The van der Waals surface area contributed by atoms with Crippen molar-refractivity contribution >= 4 is 28.7 Å². The van der Waals surface area contributed by atoms with Crippen LogP contribution in [0.1, 0.15) is 76.7 Å². The quantitative estimate of drug-likeness (QED) is 0.271. The summed E-state index contributed by atoms with van der Waals surface area (Å²) in [6.07, 6.45) is 11.8. The second-order valence-corrected chi connectivity index (χ2v) is 12.4. The lowest BCUT2D eigenvalue weighted by atomic mass is 9.69. The van der Waals surface area contributed by atoms with Crippen molar-refractivity contribution in [1.82, 2.24) is 4.90 Å². The van der Waals surface area contributed by atoms with Crippen molar-refractivity contribution < 1.29 is 24.2 Å². The number of carbonyl (C=O) groups excluding carboxylic acids is 2. The van der Waals surface area contributed by atoms with Gasteiger partial charge in [0.25, 0.3) is 0 Å². The molecule has 2 amide bonds. The molecule has 0 aromatic heterocycles. The van der Waals surface area contributed by atoms with Gasteiger partial charge >= 0.3 is 0 Å². The minimum absolute atomic E-state index is 0.0337. The summed E-state index contributed by atoms with van der Waals surface area (Å²) in [5.74, 6) is -0.217. The van der Waals surface area contributed by atoms with Crippen LogP contribution in [0.15, 0.2) is 53.1 Å². The first-order valence-electron chi connectivity index (χ1n) is 15.6. The Balaban J connectivity index is 1.24. The van der Waals surface area contributed by atoms with Crippen LogP contribution in [0, 0.1) is 17.8 Å². The number of carbonyl (C=O) groups is 2. The predicted molar refractivity (Wildman–Crippen MR) is 160 cm³/mol. The summed E-state index contributed by atoms with van der Waals surface area (Å²) in [6.45, 7) is 3.18. The Hall–Kier alpha value is -2.96. The summed E-state index contributed by atoms with van der Waals surface area (Å²) in [5, 5.41) is 12.3. The third-order valence-corrected chi connectivity index (χ3v) is 9.89. The predicted octanol–water partition coefficient (Wildman–Crippen LogP) is 6.80. The number of allylic oxidation sites excluding steroid dienone is 1. The second-order valence-electron chi connectivity index (χ2n) is 12.4. The molecule has 2 saturated heterocycles. The smallest absolute Gasteiger partial charge is 0.234 e. The van der Waals surface area contributed by atoms with Crippen LogP contribution >= 0.6 is 0 Å². The molecule has 4 atom stereocenters. The second kappa shape index (κ2) is 12.1. The average molecular weight is 558 g/mol. The summed E-state index contributed by atoms with van der Waals surface area (Å²) in [6, 6.07) is 11.8. The summed E-state index contributed by atoms with van der Waals surface area (Å²) in [4.78, 5) is 29.1. The lowest BCUT2D eigenvalue weighted by molar-refractivity contribution is -0.143. The first kappa shape index (κ1) is 28.2. The summed E-state index contributed by atoms with van der Waals surface area (Å²) < 4.78 is 12.1. The highest BCUT2D eigenvalue weighted by Crippen LogP contribution is 2.51. The zero-order chi connectivity index (χ0) is 28.5. The summed E-state index contributed by atoms with van der Waals surface area (Å²) in [5.41, 5.74) is 4.86. The molecule has 2 aromatic carbocycles. The van der Waals surface area contributed by atoms with Gasteiger partial charge in [-0.3, -0.25) is 14.5 Å². The molecule has 2 aliphatic heterocycles. The molecule has 6 rings (SSSR count). The Kier molecular flexibility index (Phi) is 8.32. The minimum Gasteiger partial charge on any atom is -0.507 e. The number of rotatable bonds is 9. The van der Waals surface area contributed by atoms with E-state index in [1.165, 1.54) is 23.1 Å². The number of phenols is 1. The monoisotopic (exact) mass is 557 g/mol. The van der Waals surface area contributed by atoms with Crippen LogP contribution < -0.4 is 0 Å². The number of hydrogen-bond acceptors (Lipinski definition) is 5. The number of methoxy groups -OCH3 is 1. The molecule has 0 spiro atoms. The molecule has 41 heavy (non-hydrogen) atoms. The van der Waals surface area contributed by atoms with Crippen LogP contribution in [0.4, 0.5) is 0 Å². The fourth-order valence-electron chi connectivity index (χ4n) is 8.06. The number of benzene rings is 2. The molecule has 0 unspecified atom stereocenters. The van der Waals surface area contributed by atoms with Crippen molar-refractivity contribution in [3.8, 4) is 5.75 Å². The van der Waals surface area contributed by atoms with E-state index in [9.17, 15) is 14.7 Å². The van der Waals surface area contributed by atoms with Crippen molar-refractivity contribution in [2.24, 2.45) is 17.8 Å². The van der Waals surface area contributed by atoms with Crippen molar-refractivity contribution in [2.45, 2.75) is 83.3 Å². The van der Waals surface area contributed by atoms with Gasteiger partial charge in [0.15, 0.2) is 0 Å². The third-order valence-electron chi connectivity index (χ3n) is 9.89. The fraction of sp³-hybridized carbons (Fsp3) is 0.543. The van der Waals surface area contributed by atoms with E-state index in [1.807, 2.05) is 24.3 Å². The number of nitrogens with zero attached hydrogens (tertiary/aromatic N) is 1. The number of imide groups is 1. The molecule has 218 valence electrons. The fourth-order valence-corrected chi connectivity index (χ4v) is 8.06. The molecule has 3 fully saturated rings. The molecular formula is C35H43NO5. The number of ether oxygens (including phenoxy) is 2. The van der Waals surface area contributed by atoms with E-state index < -0.39 is 0 Å². The highest BCUT2D eigenvalue weighted by molar-refractivity contribution is 6.06. The number of aromatic hydroxyl groups is 1. The lowest BCUT2D eigenvalue weighted by Gasteiger charge is -2.31. The SMILES string of the molecule is CCC/C(=C\c1ccc(O)c2ccccc12)CC[C@H]1OC[C@H]2C1=C(COC)C[C@H]1C(=O)N(C3CCCCC3)C(=O)[C@H]12. The van der Waals surface area contributed by atoms with Gasteiger partial charge in [0.1, 0.15) is 5.75 Å². The molecule has 6 heteroatoms. The van der Waals surface area contributed by atoms with Crippen LogP contribution in [0.5, 0.6) is 5.75 Å². The van der Waals surface area contributed by atoms with Gasteiger partial charge in [-0.05, 0) is 66.7 Å². The number of hydrogen-bond donors (Lipinski definition) is 1. The maximum atomic E-state index is 13.8. The number of fused-ring (bicyclic) bond motifs is 4. The van der Waals surface area contributed by atoms with E-state index in [0.717, 1.165) is 67.7 Å². The molecule has 0 bridgehead atoms. The van der Waals surface area contributed by atoms with E-state index in [2.05, 4.69) is 19.1 Å². The van der Waals surface area contributed by atoms with Gasteiger partial charge in [-0.2, -0.15) is 0 Å². The molecular weight excluding hydrogens is 514 g/mol. The Morgan fingerprint density at radius 3 is 2.56 bits per heavy atom. The summed E-state index contributed by atoms with van der Waals surface area (Å²) >= 11 is 0. The Morgan fingerprint density at radius 1 is 1.02 bits per heavy atom. The Bertz CT molecular complexity index is 1370. The van der Waals surface area contributed by atoms with E-state index in [1.54, 1.807) is 18.1 Å². The summed E-state index contributed by atoms with van der Waals surface area (Å²) in [7, 11) is 1.71. The lowest BCUT2D eigenvalue weighted by Crippen LogP contribution is -2.42. The van der Waals surface area contributed by atoms with Gasteiger partial charge in [0.05, 0.1) is 31.2 Å². The molecule has 2 heterocycles. The van der Waals surface area contributed by atoms with Gasteiger partial charge in [0.2, 0.25) is 11.8 Å². The number of phenolic OH excluding ortho intramolecular Hbond substituents is 1. The van der Waals surface area contributed by atoms with Gasteiger partial charge in [-0.1, -0.05) is 74.6 Å². The maximum Gasteiger partial charge on any atom is 0.234 e. The van der Waals surface area contributed by atoms with E-state index in [0.29, 0.717) is 25.4 Å². The number of likely N-dealkylation sites (tertiary alicyclic amines) is 1. The van der Waals surface area contributed by atoms with Gasteiger partial charge < -0.3 is 14.6 Å². The standard InChI is InChI=1S/C35H43NO5/c1-3-9-22(18-23-15-16-30(37)27-13-8-7-12-26(23)27)14-17-31-32-24(20-40-2)19-28-33(29(32)21-41-31)35(39)36(34(28)38)25-10-5-4-6-11-25/h7-8,12-13,15-16,18,25,28-29,31,33,37H,3-6,9-11,14,17,19-21H2,1-2H3/b22-18+/t28-,29+,31-,33-/m1/s1. The van der Waals surface area contributed by atoms with E-state index in [4.69, 9.17) is 9.47 Å². The van der Waals surface area contributed by atoms with E-state index in [-0.39, 0.29) is 41.7 Å². The highest BCUT2D eigenvalue weighted by Gasteiger charge is 2.58.